The number of benzene rings is 1. The van der Waals surface area contributed by atoms with Crippen LogP contribution in [0, 0.1) is 11.6 Å². The smallest absolute Gasteiger partial charge is 0.417 e. The standard InChI is InChI=1S/C22H16ClF7N6O2/c23-16-5-13(22(28,29)30)8-32-19(16)38-9-12-1-4-18(31-7-12)21(26,27)20(37,10-36-11-33-34-35-36)15-3-2-14(24)6-17(15)25/h1-8,11,18,31,37H,9-10H2. The Labute approximate surface area is 214 Å². The number of aromatic nitrogens is 5. The molecule has 0 radical (unpaired) electrons. The maximum Gasteiger partial charge on any atom is 0.417 e. The van der Waals surface area contributed by atoms with Crippen molar-refractivity contribution >= 4 is 11.6 Å². The molecule has 38 heavy (non-hydrogen) atoms. The third kappa shape index (κ3) is 5.43. The predicted molar refractivity (Wildman–Crippen MR) is 117 cm³/mol. The summed E-state index contributed by atoms with van der Waals surface area (Å²) in [7, 11) is 0. The average Bonchev–Trinajstić information content (AvgIpc) is 3.35. The molecule has 0 spiro atoms. The van der Waals surface area contributed by atoms with Crippen LogP contribution >= 0.6 is 11.6 Å². The number of tetrazole rings is 1. The van der Waals surface area contributed by atoms with Crippen LogP contribution in [0.4, 0.5) is 30.7 Å². The normalized spacial score (nSPS) is 17.5. The van der Waals surface area contributed by atoms with Gasteiger partial charge in [-0.3, -0.25) is 0 Å². The summed E-state index contributed by atoms with van der Waals surface area (Å²) in [6.07, 6.45) is 0.0771. The van der Waals surface area contributed by atoms with E-state index in [4.69, 9.17) is 16.3 Å². The van der Waals surface area contributed by atoms with Crippen LogP contribution in [0.2, 0.25) is 5.02 Å². The summed E-state index contributed by atoms with van der Waals surface area (Å²) >= 11 is 5.79. The van der Waals surface area contributed by atoms with Gasteiger partial charge in [0.15, 0.2) is 5.60 Å². The van der Waals surface area contributed by atoms with Crippen molar-refractivity contribution in [1.29, 1.82) is 0 Å². The fraction of sp³-hybridized carbons (Fsp3) is 0.273. The maximum atomic E-state index is 15.8. The van der Waals surface area contributed by atoms with E-state index < -0.39 is 58.1 Å². The number of ether oxygens (including phenoxy) is 1. The van der Waals surface area contributed by atoms with Crippen molar-refractivity contribution in [2.24, 2.45) is 0 Å². The zero-order chi connectivity index (χ0) is 27.7. The number of halogens is 8. The molecule has 0 aliphatic carbocycles. The average molecular weight is 565 g/mol. The molecule has 2 atom stereocenters. The lowest BCUT2D eigenvalue weighted by molar-refractivity contribution is -0.206. The second kappa shape index (κ2) is 10.2. The van der Waals surface area contributed by atoms with Gasteiger partial charge >= 0.3 is 12.1 Å². The molecule has 3 aromatic rings. The highest BCUT2D eigenvalue weighted by Gasteiger charge is 2.59. The number of pyridine rings is 1. The summed E-state index contributed by atoms with van der Waals surface area (Å²) in [6.45, 7) is -1.30. The number of alkyl halides is 5. The first-order chi connectivity index (χ1) is 17.8. The summed E-state index contributed by atoms with van der Waals surface area (Å²) in [5.74, 6) is -6.89. The van der Waals surface area contributed by atoms with Gasteiger partial charge in [0, 0.05) is 29.6 Å². The minimum Gasteiger partial charge on any atom is -0.472 e. The highest BCUT2D eigenvalue weighted by Crippen LogP contribution is 2.43. The van der Waals surface area contributed by atoms with Crippen molar-refractivity contribution in [3.05, 3.63) is 88.5 Å². The molecule has 0 bridgehead atoms. The second-order valence-electron chi connectivity index (χ2n) is 8.13. The van der Waals surface area contributed by atoms with E-state index in [-0.39, 0.29) is 18.1 Å². The zero-order valence-corrected chi connectivity index (χ0v) is 19.6. The lowest BCUT2D eigenvalue weighted by Crippen LogP contribution is -2.59. The highest BCUT2D eigenvalue weighted by atomic mass is 35.5. The van der Waals surface area contributed by atoms with Crippen LogP contribution in [0.3, 0.4) is 0 Å². The van der Waals surface area contributed by atoms with Crippen molar-refractivity contribution < 1.29 is 40.6 Å². The molecule has 2 unspecified atom stereocenters. The number of nitrogens with one attached hydrogen (secondary N) is 1. The van der Waals surface area contributed by atoms with Crippen LogP contribution < -0.4 is 10.1 Å². The first-order valence-corrected chi connectivity index (χ1v) is 10.9. The van der Waals surface area contributed by atoms with E-state index in [0.29, 0.717) is 24.4 Å². The van der Waals surface area contributed by atoms with E-state index >= 15 is 8.78 Å². The Hall–Kier alpha value is -3.72. The van der Waals surface area contributed by atoms with Crippen LogP contribution in [-0.4, -0.2) is 48.9 Å². The molecule has 0 saturated heterocycles. The third-order valence-corrected chi connectivity index (χ3v) is 5.83. The van der Waals surface area contributed by atoms with E-state index in [1.807, 2.05) is 0 Å². The molecule has 1 aromatic carbocycles. The first-order valence-electron chi connectivity index (χ1n) is 10.6. The number of hydrogen-bond acceptors (Lipinski definition) is 7. The molecule has 16 heteroatoms. The van der Waals surface area contributed by atoms with Gasteiger partial charge < -0.3 is 15.2 Å². The molecule has 8 nitrogen and oxygen atoms in total. The molecule has 2 N–H and O–H groups in total. The molecular weight excluding hydrogens is 549 g/mol. The Balaban J connectivity index is 1.52. The lowest BCUT2D eigenvalue weighted by atomic mass is 9.82. The van der Waals surface area contributed by atoms with E-state index in [2.05, 4.69) is 25.8 Å². The summed E-state index contributed by atoms with van der Waals surface area (Å²) in [5, 5.41) is 23.2. The highest BCUT2D eigenvalue weighted by molar-refractivity contribution is 6.31. The molecule has 2 aromatic heterocycles. The number of nitrogens with zero attached hydrogens (tertiary/aromatic N) is 5. The van der Waals surface area contributed by atoms with Crippen molar-refractivity contribution in [1.82, 2.24) is 30.5 Å². The number of rotatable bonds is 8. The molecule has 0 fully saturated rings. The summed E-state index contributed by atoms with van der Waals surface area (Å²) in [4.78, 5) is 3.52. The minimum absolute atomic E-state index is 0.256. The van der Waals surface area contributed by atoms with E-state index in [0.717, 1.165) is 29.4 Å². The summed E-state index contributed by atoms with van der Waals surface area (Å²) < 4.78 is 104. The van der Waals surface area contributed by atoms with E-state index in [9.17, 15) is 27.1 Å². The van der Waals surface area contributed by atoms with Gasteiger partial charge in [0.25, 0.3) is 0 Å². The van der Waals surface area contributed by atoms with E-state index in [1.54, 1.807) is 0 Å². The minimum atomic E-state index is -4.66. The predicted octanol–water partition coefficient (Wildman–Crippen LogP) is 4.03. The number of hydrogen-bond donors (Lipinski definition) is 2. The molecule has 202 valence electrons. The second-order valence-corrected chi connectivity index (χ2v) is 8.54. The molecule has 1 aliphatic rings. The fourth-order valence-electron chi connectivity index (χ4n) is 3.61. The first kappa shape index (κ1) is 27.3. The molecule has 3 heterocycles. The van der Waals surface area contributed by atoms with Crippen molar-refractivity contribution in [3.63, 3.8) is 0 Å². The largest absolute Gasteiger partial charge is 0.472 e. The Morgan fingerprint density at radius 2 is 1.89 bits per heavy atom. The van der Waals surface area contributed by atoms with Crippen molar-refractivity contribution in [2.45, 2.75) is 30.3 Å². The van der Waals surface area contributed by atoms with Gasteiger partial charge in [0.2, 0.25) is 5.88 Å². The zero-order valence-electron chi connectivity index (χ0n) is 18.8. The van der Waals surface area contributed by atoms with Gasteiger partial charge in [-0.25, -0.2) is 27.2 Å². The lowest BCUT2D eigenvalue weighted by Gasteiger charge is -2.40. The van der Waals surface area contributed by atoms with Crippen LogP contribution in [0.1, 0.15) is 11.1 Å². The van der Waals surface area contributed by atoms with Crippen LogP contribution in [0.5, 0.6) is 5.88 Å². The molecule has 0 saturated carbocycles. The van der Waals surface area contributed by atoms with Gasteiger partial charge in [-0.05, 0) is 28.6 Å². The number of aliphatic hydroxyl groups is 1. The summed E-state index contributed by atoms with van der Waals surface area (Å²) in [5.41, 5.74) is -4.96. The summed E-state index contributed by atoms with van der Waals surface area (Å²) in [6, 6.07) is 0.509. The Morgan fingerprint density at radius 1 is 1.13 bits per heavy atom. The monoisotopic (exact) mass is 564 g/mol. The Kier molecular flexibility index (Phi) is 7.34. The van der Waals surface area contributed by atoms with Gasteiger partial charge in [-0.1, -0.05) is 23.8 Å². The number of dihydropyridines is 1. The molecule has 0 amide bonds. The SMILES string of the molecule is OC(Cn1cnnn1)(c1ccc(F)cc1F)C(F)(F)C1C=CC(COc2ncc(C(F)(F)F)cc2Cl)=CN1. The maximum absolute atomic E-state index is 15.8. The third-order valence-electron chi connectivity index (χ3n) is 5.56. The van der Waals surface area contributed by atoms with Gasteiger partial charge in [0.1, 0.15) is 35.6 Å². The molecule has 1 aliphatic heterocycles. The van der Waals surface area contributed by atoms with Crippen LogP contribution in [0.15, 0.2) is 60.7 Å². The van der Waals surface area contributed by atoms with Gasteiger partial charge in [-0.2, -0.15) is 13.2 Å². The molecule has 4 rings (SSSR count). The molecular formula is C22H16ClF7N6O2. The quantitative estimate of drug-likeness (QED) is 0.399. The van der Waals surface area contributed by atoms with E-state index in [1.165, 1.54) is 6.08 Å². The Morgan fingerprint density at radius 3 is 2.47 bits per heavy atom. The topological polar surface area (TPSA) is 98.0 Å². The van der Waals surface area contributed by atoms with Crippen molar-refractivity contribution in [2.75, 3.05) is 6.61 Å². The fourth-order valence-corrected chi connectivity index (χ4v) is 3.83. The van der Waals surface area contributed by atoms with Crippen molar-refractivity contribution in [3.8, 4) is 5.88 Å². The Bertz CT molecular complexity index is 1370. The van der Waals surface area contributed by atoms with Crippen LogP contribution in [0.25, 0.3) is 0 Å². The van der Waals surface area contributed by atoms with Gasteiger partial charge in [-0.15, -0.1) is 5.10 Å². The van der Waals surface area contributed by atoms with Crippen LogP contribution in [-0.2, 0) is 18.3 Å². The van der Waals surface area contributed by atoms with Gasteiger partial charge in [0.05, 0.1) is 12.1 Å².